The Morgan fingerprint density at radius 2 is 0.780 bits per heavy atom. The van der Waals surface area contributed by atoms with Crippen LogP contribution in [0.2, 0.25) is 0 Å². The van der Waals surface area contributed by atoms with Crippen molar-refractivity contribution >= 4 is 19.7 Å². The molecule has 0 aromatic carbocycles. The predicted octanol–water partition coefficient (Wildman–Crippen LogP) is 21.5. The monoisotopic (exact) mass is 1170 g/mol. The summed E-state index contributed by atoms with van der Waals surface area (Å²) in [5.74, 6) is -0.540. The molecule has 3 unspecified atom stereocenters. The van der Waals surface area contributed by atoms with E-state index >= 15 is 0 Å². The molecule has 0 aliphatic heterocycles. The van der Waals surface area contributed by atoms with E-state index in [0.29, 0.717) is 23.9 Å². The number of likely N-dealkylation sites (N-methyl/N-ethyl adjacent to an activating group) is 1. The maximum Gasteiger partial charge on any atom is 0.472 e. The van der Waals surface area contributed by atoms with E-state index in [0.717, 1.165) is 96.3 Å². The fourth-order valence-corrected chi connectivity index (χ4v) is 10.3. The summed E-state index contributed by atoms with van der Waals surface area (Å²) in [5, 5.41) is 3.05. The van der Waals surface area contributed by atoms with E-state index in [-0.39, 0.29) is 31.5 Å². The average molecular weight is 1170 g/mol. The number of esters is 1. The molecule has 3 atom stereocenters. The quantitative estimate of drug-likeness (QED) is 0.0205. The summed E-state index contributed by atoms with van der Waals surface area (Å²) in [6.07, 6.45) is 82.8. The van der Waals surface area contributed by atoms with Crippen LogP contribution in [0.15, 0.2) is 97.2 Å². The lowest BCUT2D eigenvalue weighted by molar-refractivity contribution is -0.870. The van der Waals surface area contributed by atoms with Gasteiger partial charge in [0, 0.05) is 12.8 Å². The van der Waals surface area contributed by atoms with Crippen molar-refractivity contribution in [2.24, 2.45) is 0 Å². The number of carbonyl (C=O) groups excluding carboxylic acids is 2. The fourth-order valence-electron chi connectivity index (χ4n) is 9.53. The summed E-state index contributed by atoms with van der Waals surface area (Å²) in [6.45, 7) is 6.86. The van der Waals surface area contributed by atoms with E-state index in [1.807, 2.05) is 33.3 Å². The van der Waals surface area contributed by atoms with Crippen molar-refractivity contribution < 1.29 is 37.3 Å². The van der Waals surface area contributed by atoms with E-state index in [2.05, 4.69) is 111 Å². The first kappa shape index (κ1) is 78.9. The first-order valence-electron chi connectivity index (χ1n) is 34.1. The first-order chi connectivity index (χ1) is 39.9. The highest BCUT2D eigenvalue weighted by atomic mass is 31.2. The van der Waals surface area contributed by atoms with Crippen LogP contribution in [-0.2, 0) is 27.9 Å². The van der Waals surface area contributed by atoms with Crippen LogP contribution in [0.4, 0.5) is 0 Å². The Kier molecular flexibility index (Phi) is 58.7. The number of nitrogens with zero attached hydrogens (tertiary/aromatic N) is 1. The minimum Gasteiger partial charge on any atom is -0.456 e. The second-order valence-corrected chi connectivity index (χ2v) is 25.4. The van der Waals surface area contributed by atoms with E-state index in [9.17, 15) is 19.0 Å². The van der Waals surface area contributed by atoms with Crippen LogP contribution < -0.4 is 5.32 Å². The molecule has 1 amide bonds. The normalized spacial score (nSPS) is 14.2. The van der Waals surface area contributed by atoms with Crippen LogP contribution in [0, 0.1) is 0 Å². The topological polar surface area (TPSA) is 111 Å². The van der Waals surface area contributed by atoms with Crippen LogP contribution >= 0.6 is 7.82 Å². The molecule has 0 radical (unpaired) electrons. The molecule has 0 aromatic rings. The van der Waals surface area contributed by atoms with Gasteiger partial charge in [0.05, 0.1) is 33.8 Å². The van der Waals surface area contributed by atoms with E-state index in [1.165, 1.54) is 161 Å². The number of ether oxygens (including phenoxy) is 1. The number of unbranched alkanes of at least 4 members (excludes halogenated alkanes) is 31. The SMILES string of the molecule is CC/C=C\C/C=C\C/C=C\C/C=C\C/C=C\CCCCCC(=O)NC(COP(=O)(O)OCC[N+](C)(C)C)C(/C=C\CCCCCCCCCCCC)OC(=O)CCCCCCCCCCCCCCCCC/C=C\C/C=C\CCCCC. The van der Waals surface area contributed by atoms with Crippen LogP contribution in [0.5, 0.6) is 0 Å². The summed E-state index contributed by atoms with van der Waals surface area (Å²) in [6, 6.07) is -0.871. The van der Waals surface area contributed by atoms with Crippen molar-refractivity contribution in [1.82, 2.24) is 5.32 Å². The number of allylic oxidation sites excluding steroid dienone is 15. The Morgan fingerprint density at radius 3 is 1.21 bits per heavy atom. The standard InChI is InChI=1S/C72H129N2O7P/c1-7-10-13-16-19-22-25-28-30-32-34-35-36-37-38-39-41-43-45-47-50-53-56-59-62-65-72(76)81-70(63-60-57-54-51-48-27-24-21-18-15-12-9-3)69(68-80-82(77,78)79-67-66-74(4,5)6)73-71(75)64-61-58-55-52-49-46-44-42-40-33-31-29-26-23-20-17-14-11-8-2/h11,14,19-20,22-23,28-31,40,42,46,49,60,63,69-70H,7-10,12-13,15-18,21,24-27,32-39,41,43-45,47-48,50-59,61-62,64-68H2,1-6H3,(H-,73,75,77,78)/p+1/b14-11-,22-19-,23-20-,30-28-,31-29-,42-40-,49-46-,63-60-. The number of amides is 1. The van der Waals surface area contributed by atoms with Gasteiger partial charge in [-0.2, -0.15) is 0 Å². The van der Waals surface area contributed by atoms with Crippen molar-refractivity contribution in [3.05, 3.63) is 97.2 Å². The summed E-state index contributed by atoms with van der Waals surface area (Å²) >= 11 is 0. The van der Waals surface area contributed by atoms with Gasteiger partial charge >= 0.3 is 13.8 Å². The summed E-state index contributed by atoms with van der Waals surface area (Å²) in [7, 11) is 1.47. The van der Waals surface area contributed by atoms with E-state index in [1.54, 1.807) is 0 Å². The average Bonchev–Trinajstić information content (AvgIpc) is 3.47. The summed E-state index contributed by atoms with van der Waals surface area (Å²) < 4.78 is 30.8. The van der Waals surface area contributed by atoms with Gasteiger partial charge in [0.25, 0.3) is 0 Å². The molecular formula is C72H130N2O7P+. The molecule has 0 saturated heterocycles. The van der Waals surface area contributed by atoms with Gasteiger partial charge in [-0.15, -0.1) is 0 Å². The van der Waals surface area contributed by atoms with Crippen molar-refractivity contribution in [2.45, 2.75) is 309 Å². The van der Waals surface area contributed by atoms with Gasteiger partial charge in [0.15, 0.2) is 0 Å². The minimum absolute atomic E-state index is 0.0301. The third-order valence-electron chi connectivity index (χ3n) is 14.8. The summed E-state index contributed by atoms with van der Waals surface area (Å²) in [5.41, 5.74) is 0. The molecule has 10 heteroatoms. The Labute approximate surface area is 507 Å². The number of rotatable bonds is 61. The molecule has 0 heterocycles. The minimum atomic E-state index is -4.47. The molecule has 0 saturated carbocycles. The number of hydrogen-bond donors (Lipinski definition) is 2. The van der Waals surface area contributed by atoms with Gasteiger partial charge in [0.1, 0.15) is 19.3 Å². The first-order valence-corrected chi connectivity index (χ1v) is 35.6. The molecule has 2 N–H and O–H groups in total. The van der Waals surface area contributed by atoms with Gasteiger partial charge in [-0.3, -0.25) is 18.6 Å². The molecule has 0 aliphatic carbocycles. The highest BCUT2D eigenvalue weighted by molar-refractivity contribution is 7.47. The van der Waals surface area contributed by atoms with Gasteiger partial charge in [-0.05, 0) is 109 Å². The van der Waals surface area contributed by atoms with Gasteiger partial charge in [-0.25, -0.2) is 4.57 Å². The van der Waals surface area contributed by atoms with Crippen LogP contribution in [-0.4, -0.2) is 74.3 Å². The summed E-state index contributed by atoms with van der Waals surface area (Å²) in [4.78, 5) is 37.8. The molecule has 82 heavy (non-hydrogen) atoms. The van der Waals surface area contributed by atoms with Crippen molar-refractivity contribution in [1.29, 1.82) is 0 Å². The van der Waals surface area contributed by atoms with Crippen LogP contribution in [0.3, 0.4) is 0 Å². The maximum atomic E-state index is 13.6. The highest BCUT2D eigenvalue weighted by Crippen LogP contribution is 2.43. The lowest BCUT2D eigenvalue weighted by Crippen LogP contribution is -2.47. The van der Waals surface area contributed by atoms with Gasteiger partial charge in [0.2, 0.25) is 5.91 Å². The van der Waals surface area contributed by atoms with Crippen molar-refractivity contribution in [3.8, 4) is 0 Å². The number of hydrogen-bond acceptors (Lipinski definition) is 6. The molecule has 0 spiro atoms. The zero-order chi connectivity index (χ0) is 60.0. The number of nitrogens with one attached hydrogen (secondary N) is 1. The fraction of sp³-hybridized carbons (Fsp3) is 0.750. The molecule has 0 aliphatic rings. The Morgan fingerprint density at radius 1 is 0.439 bits per heavy atom. The largest absolute Gasteiger partial charge is 0.472 e. The molecule has 0 fully saturated rings. The van der Waals surface area contributed by atoms with Crippen LogP contribution in [0.25, 0.3) is 0 Å². The van der Waals surface area contributed by atoms with Gasteiger partial charge in [-0.1, -0.05) is 272 Å². The lowest BCUT2D eigenvalue weighted by atomic mass is 10.0. The second-order valence-electron chi connectivity index (χ2n) is 24.0. The molecular weight excluding hydrogens is 1040 g/mol. The van der Waals surface area contributed by atoms with Crippen molar-refractivity contribution in [2.75, 3.05) is 40.9 Å². The zero-order valence-corrected chi connectivity index (χ0v) is 55.1. The molecule has 0 bridgehead atoms. The predicted molar refractivity (Wildman–Crippen MR) is 355 cm³/mol. The molecule has 0 aromatic heterocycles. The third kappa shape index (κ3) is 61.5. The zero-order valence-electron chi connectivity index (χ0n) is 54.2. The number of quaternary nitrogens is 1. The second kappa shape index (κ2) is 61.0. The Balaban J connectivity index is 5.14. The van der Waals surface area contributed by atoms with Crippen molar-refractivity contribution in [3.63, 3.8) is 0 Å². The lowest BCUT2D eigenvalue weighted by Gasteiger charge is -2.27. The number of phosphoric ester groups is 1. The smallest absolute Gasteiger partial charge is 0.456 e. The number of phosphoric acid groups is 1. The van der Waals surface area contributed by atoms with E-state index < -0.39 is 20.0 Å². The molecule has 0 rings (SSSR count). The molecule has 474 valence electrons. The van der Waals surface area contributed by atoms with Gasteiger partial charge < -0.3 is 19.4 Å². The third-order valence-corrected chi connectivity index (χ3v) is 15.7. The highest BCUT2D eigenvalue weighted by Gasteiger charge is 2.30. The maximum absolute atomic E-state index is 13.6. The number of carbonyl (C=O) groups is 2. The Bertz CT molecular complexity index is 1720. The van der Waals surface area contributed by atoms with Crippen LogP contribution in [0.1, 0.15) is 297 Å². The van der Waals surface area contributed by atoms with E-state index in [4.69, 9.17) is 13.8 Å². The molecule has 9 nitrogen and oxygen atoms in total. The Hall–Kier alpha value is -3.07.